The van der Waals surface area contributed by atoms with Gasteiger partial charge in [0, 0.05) is 6.07 Å². The standard InChI is InChI=1S/C21H15N3O4/c25-20(17-11-5-6-12-18(17)24(27)28)23-21(26)22-19-15-9-3-1-7-13(15)14-8-2-4-10-16(14)19/h1-12,19H,(H2,22,23,25,26). The molecule has 1 aliphatic rings. The lowest BCUT2D eigenvalue weighted by molar-refractivity contribution is -0.385. The molecule has 0 unspecified atom stereocenters. The van der Waals surface area contributed by atoms with E-state index in [4.69, 9.17) is 0 Å². The molecule has 3 aromatic carbocycles. The first kappa shape index (κ1) is 17.4. The second-order valence-corrected chi connectivity index (χ2v) is 6.31. The third-order valence-electron chi connectivity index (χ3n) is 4.68. The average Bonchev–Trinajstić information content (AvgIpc) is 3.02. The van der Waals surface area contributed by atoms with Gasteiger partial charge in [-0.1, -0.05) is 60.7 Å². The van der Waals surface area contributed by atoms with Gasteiger partial charge in [-0.05, 0) is 28.3 Å². The summed E-state index contributed by atoms with van der Waals surface area (Å²) in [6, 6.07) is 19.8. The molecule has 28 heavy (non-hydrogen) atoms. The zero-order chi connectivity index (χ0) is 19.7. The van der Waals surface area contributed by atoms with Gasteiger partial charge in [0.05, 0.1) is 11.0 Å². The van der Waals surface area contributed by atoms with Crippen LogP contribution < -0.4 is 10.6 Å². The van der Waals surface area contributed by atoms with Crippen molar-refractivity contribution < 1.29 is 14.5 Å². The Morgan fingerprint density at radius 3 is 1.96 bits per heavy atom. The lowest BCUT2D eigenvalue weighted by Gasteiger charge is -2.16. The van der Waals surface area contributed by atoms with E-state index in [1.165, 1.54) is 24.3 Å². The molecule has 0 fully saturated rings. The van der Waals surface area contributed by atoms with Gasteiger partial charge in [-0.15, -0.1) is 0 Å². The van der Waals surface area contributed by atoms with Gasteiger partial charge >= 0.3 is 6.03 Å². The van der Waals surface area contributed by atoms with E-state index < -0.39 is 22.9 Å². The summed E-state index contributed by atoms with van der Waals surface area (Å²) in [6.45, 7) is 0. The number of urea groups is 1. The lowest BCUT2D eigenvalue weighted by atomic mass is 10.1. The first-order chi connectivity index (χ1) is 13.6. The van der Waals surface area contributed by atoms with Crippen LogP contribution in [0.4, 0.5) is 10.5 Å². The van der Waals surface area contributed by atoms with Gasteiger partial charge < -0.3 is 5.32 Å². The minimum atomic E-state index is -0.829. The molecule has 138 valence electrons. The van der Waals surface area contributed by atoms with Gasteiger partial charge in [0.2, 0.25) is 0 Å². The average molecular weight is 373 g/mol. The van der Waals surface area contributed by atoms with E-state index in [0.717, 1.165) is 22.3 Å². The van der Waals surface area contributed by atoms with Crippen LogP contribution in [-0.2, 0) is 0 Å². The maximum Gasteiger partial charge on any atom is 0.322 e. The molecule has 0 heterocycles. The fourth-order valence-electron chi connectivity index (χ4n) is 3.47. The number of amides is 3. The van der Waals surface area contributed by atoms with Crippen molar-refractivity contribution in [3.8, 4) is 11.1 Å². The molecule has 0 spiro atoms. The third-order valence-corrected chi connectivity index (χ3v) is 4.68. The van der Waals surface area contributed by atoms with E-state index in [9.17, 15) is 19.7 Å². The maximum absolute atomic E-state index is 12.5. The van der Waals surface area contributed by atoms with Crippen LogP contribution >= 0.6 is 0 Å². The summed E-state index contributed by atoms with van der Waals surface area (Å²) in [5.41, 5.74) is 3.37. The number of rotatable bonds is 3. The number of nitro groups is 1. The highest BCUT2D eigenvalue weighted by Gasteiger charge is 2.30. The Balaban J connectivity index is 1.57. The van der Waals surface area contributed by atoms with Crippen molar-refractivity contribution in [2.45, 2.75) is 6.04 Å². The molecule has 0 saturated carbocycles. The molecular weight excluding hydrogens is 358 g/mol. The third kappa shape index (κ3) is 2.99. The van der Waals surface area contributed by atoms with Gasteiger partial charge in [0.15, 0.2) is 0 Å². The Labute approximate surface area is 160 Å². The van der Waals surface area contributed by atoms with Crippen molar-refractivity contribution in [1.29, 1.82) is 0 Å². The van der Waals surface area contributed by atoms with Crippen molar-refractivity contribution in [3.63, 3.8) is 0 Å². The van der Waals surface area contributed by atoms with Crippen LogP contribution in [0.1, 0.15) is 27.5 Å². The molecule has 7 heteroatoms. The monoisotopic (exact) mass is 373 g/mol. The van der Waals surface area contributed by atoms with E-state index in [1.54, 1.807) is 0 Å². The number of imide groups is 1. The highest BCUT2D eigenvalue weighted by molar-refractivity contribution is 6.06. The van der Waals surface area contributed by atoms with Gasteiger partial charge in [-0.2, -0.15) is 0 Å². The van der Waals surface area contributed by atoms with Crippen molar-refractivity contribution in [2.24, 2.45) is 0 Å². The fourth-order valence-corrected chi connectivity index (χ4v) is 3.47. The first-order valence-electron chi connectivity index (χ1n) is 8.60. The number of hydrogen-bond donors (Lipinski definition) is 2. The zero-order valence-corrected chi connectivity index (χ0v) is 14.6. The summed E-state index contributed by atoms with van der Waals surface area (Å²) in [5, 5.41) is 16.1. The quantitative estimate of drug-likeness (QED) is 0.538. The van der Waals surface area contributed by atoms with Gasteiger partial charge in [-0.3, -0.25) is 20.2 Å². The summed E-state index contributed by atoms with van der Waals surface area (Å²) in [4.78, 5) is 35.3. The summed E-state index contributed by atoms with van der Waals surface area (Å²) in [7, 11) is 0. The van der Waals surface area contributed by atoms with Crippen molar-refractivity contribution >= 4 is 17.6 Å². The Bertz CT molecular complexity index is 1060. The van der Waals surface area contributed by atoms with Crippen molar-refractivity contribution in [2.75, 3.05) is 0 Å². The second kappa shape index (κ2) is 6.96. The molecule has 0 saturated heterocycles. The van der Waals surface area contributed by atoms with E-state index in [1.807, 2.05) is 48.5 Å². The molecule has 0 aromatic heterocycles. The fraction of sp³-hybridized carbons (Fsp3) is 0.0476. The molecule has 0 bridgehead atoms. The van der Waals surface area contributed by atoms with E-state index >= 15 is 0 Å². The summed E-state index contributed by atoms with van der Waals surface area (Å²) in [6.07, 6.45) is 0. The molecule has 0 atom stereocenters. The smallest absolute Gasteiger partial charge is 0.322 e. The number of hydrogen-bond acceptors (Lipinski definition) is 4. The van der Waals surface area contributed by atoms with Crippen LogP contribution in [0.15, 0.2) is 72.8 Å². The summed E-state index contributed by atoms with van der Waals surface area (Å²) in [5.74, 6) is -0.829. The Morgan fingerprint density at radius 2 is 1.36 bits per heavy atom. The number of nitrogens with zero attached hydrogens (tertiary/aromatic N) is 1. The van der Waals surface area contributed by atoms with Crippen LogP contribution in [0.3, 0.4) is 0 Å². The number of fused-ring (bicyclic) bond motifs is 3. The second-order valence-electron chi connectivity index (χ2n) is 6.31. The van der Waals surface area contributed by atoms with Crippen LogP contribution in [0.25, 0.3) is 11.1 Å². The Kier molecular flexibility index (Phi) is 4.33. The lowest BCUT2D eigenvalue weighted by Crippen LogP contribution is -2.41. The SMILES string of the molecule is O=C(NC(=O)c1ccccc1[N+](=O)[O-])NC1c2ccccc2-c2ccccc21. The van der Waals surface area contributed by atoms with Crippen LogP contribution in [0.2, 0.25) is 0 Å². The number of nitrogens with one attached hydrogen (secondary N) is 2. The zero-order valence-electron chi connectivity index (χ0n) is 14.6. The van der Waals surface area contributed by atoms with Gasteiger partial charge in [0.1, 0.15) is 5.56 Å². The van der Waals surface area contributed by atoms with Gasteiger partial charge in [0.25, 0.3) is 11.6 Å². The maximum atomic E-state index is 12.5. The topological polar surface area (TPSA) is 101 Å². The number of carbonyl (C=O) groups is 2. The van der Waals surface area contributed by atoms with Crippen molar-refractivity contribution in [3.05, 3.63) is 99.6 Å². The molecule has 4 rings (SSSR count). The molecule has 3 aromatic rings. The number of nitro benzene ring substituents is 1. The molecule has 1 aliphatic carbocycles. The Hall–Kier alpha value is -4.00. The highest BCUT2D eigenvalue weighted by atomic mass is 16.6. The molecule has 0 aliphatic heterocycles. The normalized spacial score (nSPS) is 12.0. The molecule has 0 radical (unpaired) electrons. The van der Waals surface area contributed by atoms with E-state index in [-0.39, 0.29) is 11.3 Å². The number of benzene rings is 3. The molecule has 2 N–H and O–H groups in total. The molecule has 3 amide bonds. The molecule has 7 nitrogen and oxygen atoms in total. The largest absolute Gasteiger partial charge is 0.327 e. The van der Waals surface area contributed by atoms with E-state index in [2.05, 4.69) is 10.6 Å². The van der Waals surface area contributed by atoms with E-state index in [0.29, 0.717) is 0 Å². The van der Waals surface area contributed by atoms with Crippen LogP contribution in [-0.4, -0.2) is 16.9 Å². The number of carbonyl (C=O) groups excluding carboxylic acids is 2. The first-order valence-corrected chi connectivity index (χ1v) is 8.60. The van der Waals surface area contributed by atoms with Gasteiger partial charge in [-0.25, -0.2) is 4.79 Å². The Morgan fingerprint density at radius 1 is 0.821 bits per heavy atom. The summed E-state index contributed by atoms with van der Waals surface area (Å²) >= 11 is 0. The van der Waals surface area contributed by atoms with Crippen LogP contribution in [0, 0.1) is 10.1 Å². The predicted molar refractivity (Wildman–Crippen MR) is 103 cm³/mol. The highest BCUT2D eigenvalue weighted by Crippen LogP contribution is 2.42. The summed E-state index contributed by atoms with van der Waals surface area (Å²) < 4.78 is 0. The van der Waals surface area contributed by atoms with Crippen LogP contribution in [0.5, 0.6) is 0 Å². The molecular formula is C21H15N3O4. The minimum Gasteiger partial charge on any atom is -0.327 e. The minimum absolute atomic E-state index is 0.171. The van der Waals surface area contributed by atoms with Crippen molar-refractivity contribution in [1.82, 2.24) is 10.6 Å². The number of para-hydroxylation sites is 1. The predicted octanol–water partition coefficient (Wildman–Crippen LogP) is 3.80.